The highest BCUT2D eigenvalue weighted by atomic mass is 19.2. The molecule has 0 bridgehead atoms. The molecule has 0 unspecified atom stereocenters. The summed E-state index contributed by atoms with van der Waals surface area (Å²) in [4.78, 5) is 21.6. The number of rotatable bonds is 4. The van der Waals surface area contributed by atoms with E-state index in [1.807, 2.05) is 0 Å². The maximum atomic E-state index is 13.6. The highest BCUT2D eigenvalue weighted by molar-refractivity contribution is 5.89. The monoisotopic (exact) mass is 258 g/mol. The average molecular weight is 258 g/mol. The van der Waals surface area contributed by atoms with Crippen molar-refractivity contribution in [1.82, 2.24) is 0 Å². The Balaban J connectivity index is 3.18. The molecule has 98 valence electrons. The fourth-order valence-corrected chi connectivity index (χ4v) is 1.21. The molecule has 18 heavy (non-hydrogen) atoms. The zero-order valence-corrected chi connectivity index (χ0v) is 9.75. The van der Waals surface area contributed by atoms with Crippen LogP contribution in [0.2, 0.25) is 0 Å². The molecule has 1 rings (SSSR count). The van der Waals surface area contributed by atoms with Crippen LogP contribution in [0.1, 0.15) is 24.2 Å². The van der Waals surface area contributed by atoms with Gasteiger partial charge in [-0.25, -0.2) is 13.6 Å². The summed E-state index contributed by atoms with van der Waals surface area (Å²) in [5.74, 6) is -5.20. The molecule has 0 heterocycles. The van der Waals surface area contributed by atoms with E-state index in [2.05, 4.69) is 5.32 Å². The third kappa shape index (κ3) is 2.55. The largest absolute Gasteiger partial charge is 0.478 e. The quantitative estimate of drug-likeness (QED) is 0.759. The Morgan fingerprint density at radius 2 is 1.83 bits per heavy atom. The molecule has 4 N–H and O–H groups in total. The highest BCUT2D eigenvalue weighted by Crippen LogP contribution is 2.23. The summed E-state index contributed by atoms with van der Waals surface area (Å²) in [7, 11) is 0. The molecule has 0 fully saturated rings. The predicted octanol–water partition coefficient (Wildman–Crippen LogP) is 1.34. The summed E-state index contributed by atoms with van der Waals surface area (Å²) < 4.78 is 26.9. The normalized spacial score (nSPS) is 11.1. The summed E-state index contributed by atoms with van der Waals surface area (Å²) in [6.45, 7) is 2.77. The van der Waals surface area contributed by atoms with Crippen molar-refractivity contribution < 1.29 is 23.5 Å². The summed E-state index contributed by atoms with van der Waals surface area (Å²) in [6.07, 6.45) is 0. The molecule has 5 nitrogen and oxygen atoms in total. The van der Waals surface area contributed by atoms with Gasteiger partial charge in [0, 0.05) is 0 Å². The molecule has 0 aromatic heterocycles. The fraction of sp³-hybridized carbons (Fsp3) is 0.273. The Labute approximate surface area is 102 Å². The van der Waals surface area contributed by atoms with Crippen LogP contribution >= 0.6 is 0 Å². The van der Waals surface area contributed by atoms with Crippen molar-refractivity contribution >= 4 is 17.6 Å². The topological polar surface area (TPSA) is 92.4 Å². The highest BCUT2D eigenvalue weighted by Gasteiger charge is 2.27. The van der Waals surface area contributed by atoms with Gasteiger partial charge in [-0.15, -0.1) is 0 Å². The van der Waals surface area contributed by atoms with E-state index in [4.69, 9.17) is 10.8 Å². The summed E-state index contributed by atoms with van der Waals surface area (Å²) in [6, 6.07) is 1.94. The van der Waals surface area contributed by atoms with Gasteiger partial charge in [0.25, 0.3) is 0 Å². The number of hydrogen-bond acceptors (Lipinski definition) is 3. The van der Waals surface area contributed by atoms with Crippen LogP contribution < -0.4 is 11.1 Å². The van der Waals surface area contributed by atoms with Gasteiger partial charge in [-0.1, -0.05) is 0 Å². The van der Waals surface area contributed by atoms with Crippen molar-refractivity contribution in [3.05, 3.63) is 29.3 Å². The van der Waals surface area contributed by atoms with Crippen molar-refractivity contribution in [1.29, 1.82) is 0 Å². The fourth-order valence-electron chi connectivity index (χ4n) is 1.21. The van der Waals surface area contributed by atoms with Crippen LogP contribution in [0.15, 0.2) is 12.1 Å². The van der Waals surface area contributed by atoms with Crippen molar-refractivity contribution in [3.8, 4) is 0 Å². The standard InChI is InChI=1S/C11H12F2N2O3/c1-11(2,10(14)18)15-6-4-3-5(9(16)17)7(12)8(6)13/h3-4,15H,1-2H3,(H2,14,18)(H,16,17). The van der Waals surface area contributed by atoms with Crippen LogP contribution in [-0.4, -0.2) is 22.5 Å². The SMILES string of the molecule is CC(C)(Nc1ccc(C(=O)O)c(F)c1F)C(N)=O. The number of benzene rings is 1. The lowest BCUT2D eigenvalue weighted by atomic mass is 10.0. The molecular weight excluding hydrogens is 246 g/mol. The first-order valence-corrected chi connectivity index (χ1v) is 4.96. The number of hydrogen-bond donors (Lipinski definition) is 3. The molecule has 1 amide bonds. The lowest BCUT2D eigenvalue weighted by Crippen LogP contribution is -2.45. The maximum absolute atomic E-state index is 13.6. The number of carbonyl (C=O) groups excluding carboxylic acids is 1. The Morgan fingerprint density at radius 1 is 1.28 bits per heavy atom. The van der Waals surface area contributed by atoms with Gasteiger partial charge < -0.3 is 16.2 Å². The van der Waals surface area contributed by atoms with Crippen molar-refractivity contribution in [3.63, 3.8) is 0 Å². The number of anilines is 1. The van der Waals surface area contributed by atoms with E-state index in [-0.39, 0.29) is 5.69 Å². The Kier molecular flexibility index (Phi) is 3.54. The van der Waals surface area contributed by atoms with Gasteiger partial charge in [0.2, 0.25) is 5.91 Å². The lowest BCUT2D eigenvalue weighted by Gasteiger charge is -2.24. The second-order valence-corrected chi connectivity index (χ2v) is 4.21. The van der Waals surface area contributed by atoms with E-state index < -0.39 is 34.6 Å². The van der Waals surface area contributed by atoms with Crippen LogP contribution in [0.25, 0.3) is 0 Å². The molecule has 0 atom stereocenters. The van der Waals surface area contributed by atoms with Crippen LogP contribution in [0.5, 0.6) is 0 Å². The molecule has 0 saturated carbocycles. The lowest BCUT2D eigenvalue weighted by molar-refractivity contribution is -0.121. The van der Waals surface area contributed by atoms with Gasteiger partial charge in [0.1, 0.15) is 5.54 Å². The molecule has 0 spiro atoms. The van der Waals surface area contributed by atoms with E-state index in [1.54, 1.807) is 0 Å². The second-order valence-electron chi connectivity index (χ2n) is 4.21. The Morgan fingerprint density at radius 3 is 2.28 bits per heavy atom. The third-order valence-electron chi connectivity index (χ3n) is 2.38. The smallest absolute Gasteiger partial charge is 0.338 e. The number of nitrogens with one attached hydrogen (secondary N) is 1. The van der Waals surface area contributed by atoms with Gasteiger partial charge in [0.15, 0.2) is 11.6 Å². The molecular formula is C11H12F2N2O3. The van der Waals surface area contributed by atoms with E-state index in [0.29, 0.717) is 0 Å². The molecule has 0 aliphatic carbocycles. The Hall–Kier alpha value is -2.18. The first-order valence-electron chi connectivity index (χ1n) is 4.96. The van der Waals surface area contributed by atoms with Crippen molar-refractivity contribution in [2.45, 2.75) is 19.4 Å². The summed E-state index contributed by atoms with van der Waals surface area (Å²) in [5.41, 5.74) is 2.66. The van der Waals surface area contributed by atoms with Crippen LogP contribution in [0, 0.1) is 11.6 Å². The van der Waals surface area contributed by atoms with Crippen molar-refractivity contribution in [2.75, 3.05) is 5.32 Å². The summed E-state index contributed by atoms with van der Waals surface area (Å²) in [5, 5.41) is 11.0. The van der Waals surface area contributed by atoms with E-state index >= 15 is 0 Å². The zero-order valence-electron chi connectivity index (χ0n) is 9.75. The number of nitrogens with two attached hydrogens (primary N) is 1. The van der Waals surface area contributed by atoms with Crippen LogP contribution in [0.4, 0.5) is 14.5 Å². The van der Waals surface area contributed by atoms with E-state index in [0.717, 1.165) is 12.1 Å². The van der Waals surface area contributed by atoms with Gasteiger partial charge in [0.05, 0.1) is 11.3 Å². The maximum Gasteiger partial charge on any atom is 0.338 e. The minimum atomic E-state index is -1.58. The predicted molar refractivity (Wildman–Crippen MR) is 60.2 cm³/mol. The number of carbonyl (C=O) groups is 2. The summed E-state index contributed by atoms with van der Waals surface area (Å²) >= 11 is 0. The van der Waals surface area contributed by atoms with Crippen LogP contribution in [-0.2, 0) is 4.79 Å². The van der Waals surface area contributed by atoms with Crippen molar-refractivity contribution in [2.24, 2.45) is 5.73 Å². The van der Waals surface area contributed by atoms with Gasteiger partial charge in [-0.2, -0.15) is 0 Å². The average Bonchev–Trinajstić information content (AvgIpc) is 2.24. The Bertz CT molecular complexity index is 515. The molecule has 0 radical (unpaired) electrons. The number of halogens is 2. The third-order valence-corrected chi connectivity index (χ3v) is 2.38. The number of carboxylic acid groups (broad SMARTS) is 1. The van der Waals surface area contributed by atoms with Gasteiger partial charge in [-0.05, 0) is 26.0 Å². The minimum absolute atomic E-state index is 0.332. The molecule has 0 saturated heterocycles. The molecule has 0 aliphatic heterocycles. The van der Waals surface area contributed by atoms with Crippen LogP contribution in [0.3, 0.4) is 0 Å². The number of carboxylic acids is 1. The van der Waals surface area contributed by atoms with Gasteiger partial charge >= 0.3 is 5.97 Å². The van der Waals surface area contributed by atoms with Gasteiger partial charge in [-0.3, -0.25) is 4.79 Å². The van der Waals surface area contributed by atoms with E-state index in [9.17, 15) is 18.4 Å². The first kappa shape index (κ1) is 13.9. The number of amides is 1. The molecule has 1 aromatic carbocycles. The molecule has 1 aromatic rings. The number of aromatic carboxylic acids is 1. The van der Waals surface area contributed by atoms with E-state index in [1.165, 1.54) is 13.8 Å². The first-order chi connectivity index (χ1) is 8.16. The minimum Gasteiger partial charge on any atom is -0.478 e. The number of primary amides is 1. The zero-order chi connectivity index (χ0) is 14.1. The molecule has 0 aliphatic rings. The molecule has 7 heteroatoms. The second kappa shape index (κ2) is 4.59.